The summed E-state index contributed by atoms with van der Waals surface area (Å²) in [6, 6.07) is 14.0. The number of halogens is 2. The third-order valence-corrected chi connectivity index (χ3v) is 3.56. The molecule has 0 fully saturated rings. The average Bonchev–Trinajstić information content (AvgIpc) is 2.52. The number of benzene rings is 2. The minimum atomic E-state index is -0.605. The Morgan fingerprint density at radius 2 is 1.95 bits per heavy atom. The van der Waals surface area contributed by atoms with E-state index in [2.05, 4.69) is 10.2 Å². The highest BCUT2D eigenvalue weighted by Crippen LogP contribution is 2.14. The molecule has 5 heteroatoms. The number of nitrogens with zero attached hydrogens (tertiary/aromatic N) is 1. The van der Waals surface area contributed by atoms with Crippen LogP contribution >= 0.6 is 11.6 Å². The molecule has 2 aromatic rings. The van der Waals surface area contributed by atoms with E-state index in [1.807, 2.05) is 37.4 Å². The van der Waals surface area contributed by atoms with Gasteiger partial charge in [-0.1, -0.05) is 29.8 Å². The number of carbonyl (C=O) groups excluding carboxylic acids is 1. The lowest BCUT2D eigenvalue weighted by Gasteiger charge is -2.19. The molecule has 0 heterocycles. The molecule has 0 radical (unpaired) electrons. The molecule has 3 nitrogen and oxygen atoms in total. The van der Waals surface area contributed by atoms with Gasteiger partial charge in [0.2, 0.25) is 0 Å². The molecule has 0 aromatic heterocycles. The first kappa shape index (κ1) is 16.3. The Balaban J connectivity index is 1.78. The maximum atomic E-state index is 13.6. The van der Waals surface area contributed by atoms with Gasteiger partial charge in [-0.15, -0.1) is 0 Å². The standard InChI is InChI=1S/C17H18ClFN2O/c1-21(14-6-3-2-4-7-14)11-5-10-20-17(22)15-9-8-13(18)12-16(15)19/h2-4,6-9,12H,5,10-11H2,1H3,(H,20,22). The predicted molar refractivity (Wildman–Crippen MR) is 88.1 cm³/mol. The van der Waals surface area contributed by atoms with Gasteiger partial charge in [0, 0.05) is 30.8 Å². The molecule has 0 atom stereocenters. The number of hydrogen-bond donors (Lipinski definition) is 1. The first-order valence-electron chi connectivity index (χ1n) is 7.07. The minimum Gasteiger partial charge on any atom is -0.375 e. The second-order valence-corrected chi connectivity index (χ2v) is 5.43. The molecule has 1 amide bonds. The summed E-state index contributed by atoms with van der Waals surface area (Å²) in [5.74, 6) is -1.03. The van der Waals surface area contributed by atoms with Crippen LogP contribution in [0.15, 0.2) is 48.5 Å². The van der Waals surface area contributed by atoms with Crippen molar-refractivity contribution < 1.29 is 9.18 Å². The number of hydrogen-bond acceptors (Lipinski definition) is 2. The van der Waals surface area contributed by atoms with Gasteiger partial charge in [0.15, 0.2) is 0 Å². The second-order valence-electron chi connectivity index (χ2n) is 4.99. The van der Waals surface area contributed by atoms with E-state index in [0.29, 0.717) is 6.54 Å². The number of nitrogens with one attached hydrogen (secondary N) is 1. The van der Waals surface area contributed by atoms with Crippen molar-refractivity contribution in [3.05, 3.63) is 64.9 Å². The maximum Gasteiger partial charge on any atom is 0.254 e. The van der Waals surface area contributed by atoms with Crippen molar-refractivity contribution in [3.8, 4) is 0 Å². The van der Waals surface area contributed by atoms with Crippen LogP contribution in [0.3, 0.4) is 0 Å². The lowest BCUT2D eigenvalue weighted by Crippen LogP contribution is -2.28. The van der Waals surface area contributed by atoms with Gasteiger partial charge >= 0.3 is 0 Å². The predicted octanol–water partition coefficient (Wildman–Crippen LogP) is 3.74. The molecule has 0 aliphatic heterocycles. The third-order valence-electron chi connectivity index (χ3n) is 3.33. The molecule has 1 N–H and O–H groups in total. The zero-order valence-corrected chi connectivity index (χ0v) is 13.1. The first-order chi connectivity index (χ1) is 10.6. The van der Waals surface area contributed by atoms with Gasteiger partial charge in [0.25, 0.3) is 5.91 Å². The fourth-order valence-electron chi connectivity index (χ4n) is 2.10. The number of para-hydroxylation sites is 1. The normalized spacial score (nSPS) is 10.3. The minimum absolute atomic E-state index is 0.0146. The van der Waals surface area contributed by atoms with Crippen LogP contribution in [-0.4, -0.2) is 26.0 Å². The van der Waals surface area contributed by atoms with E-state index in [1.54, 1.807) is 0 Å². The Morgan fingerprint density at radius 1 is 1.23 bits per heavy atom. The maximum absolute atomic E-state index is 13.6. The van der Waals surface area contributed by atoms with Crippen LogP contribution in [0.5, 0.6) is 0 Å². The number of amides is 1. The third kappa shape index (κ3) is 4.46. The van der Waals surface area contributed by atoms with Crippen molar-refractivity contribution in [1.29, 1.82) is 0 Å². The van der Waals surface area contributed by atoms with E-state index in [9.17, 15) is 9.18 Å². The summed E-state index contributed by atoms with van der Waals surface area (Å²) in [5, 5.41) is 2.99. The second kappa shape index (κ2) is 7.80. The molecule has 0 spiro atoms. The van der Waals surface area contributed by atoms with Gasteiger partial charge in [-0.3, -0.25) is 4.79 Å². The van der Waals surface area contributed by atoms with Gasteiger partial charge < -0.3 is 10.2 Å². The number of rotatable bonds is 6. The van der Waals surface area contributed by atoms with Crippen molar-refractivity contribution in [2.75, 3.05) is 25.0 Å². The molecule has 0 aliphatic carbocycles. The quantitative estimate of drug-likeness (QED) is 0.822. The van der Waals surface area contributed by atoms with Crippen molar-refractivity contribution in [2.24, 2.45) is 0 Å². The van der Waals surface area contributed by atoms with Crippen LogP contribution in [0, 0.1) is 5.82 Å². The molecule has 22 heavy (non-hydrogen) atoms. The molecule has 0 bridgehead atoms. The number of anilines is 1. The highest BCUT2D eigenvalue weighted by Gasteiger charge is 2.11. The van der Waals surface area contributed by atoms with Gasteiger partial charge in [0.1, 0.15) is 5.82 Å². The zero-order valence-electron chi connectivity index (χ0n) is 12.4. The van der Waals surface area contributed by atoms with Crippen molar-refractivity contribution >= 4 is 23.2 Å². The van der Waals surface area contributed by atoms with E-state index in [0.717, 1.165) is 24.7 Å². The molecule has 2 rings (SSSR count). The largest absolute Gasteiger partial charge is 0.375 e. The highest BCUT2D eigenvalue weighted by molar-refractivity contribution is 6.30. The van der Waals surface area contributed by atoms with Crippen molar-refractivity contribution in [3.63, 3.8) is 0 Å². The summed E-state index contributed by atoms with van der Waals surface area (Å²) in [5.41, 5.74) is 1.14. The lowest BCUT2D eigenvalue weighted by atomic mass is 10.2. The van der Waals surface area contributed by atoms with E-state index >= 15 is 0 Å². The van der Waals surface area contributed by atoms with Crippen LogP contribution in [-0.2, 0) is 0 Å². The van der Waals surface area contributed by atoms with Crippen LogP contribution in [0.4, 0.5) is 10.1 Å². The Bertz CT molecular complexity index is 634. The molecular formula is C17H18ClFN2O. The van der Waals surface area contributed by atoms with Crippen LogP contribution < -0.4 is 10.2 Å². The van der Waals surface area contributed by atoms with Gasteiger partial charge in [-0.2, -0.15) is 0 Å². The first-order valence-corrected chi connectivity index (χ1v) is 7.45. The molecule has 0 saturated heterocycles. The summed E-state index contributed by atoms with van der Waals surface area (Å²) >= 11 is 5.66. The molecule has 116 valence electrons. The summed E-state index contributed by atoms with van der Waals surface area (Å²) < 4.78 is 13.6. The molecule has 2 aromatic carbocycles. The monoisotopic (exact) mass is 320 g/mol. The topological polar surface area (TPSA) is 32.3 Å². The Morgan fingerprint density at radius 3 is 2.64 bits per heavy atom. The van der Waals surface area contributed by atoms with Gasteiger partial charge in [0.05, 0.1) is 5.56 Å². The van der Waals surface area contributed by atoms with Crippen molar-refractivity contribution in [2.45, 2.75) is 6.42 Å². The fourth-order valence-corrected chi connectivity index (χ4v) is 2.26. The zero-order chi connectivity index (χ0) is 15.9. The molecular weight excluding hydrogens is 303 g/mol. The summed E-state index contributed by atoms with van der Waals surface area (Å²) in [6.45, 7) is 1.28. The Hall–Kier alpha value is -2.07. The smallest absolute Gasteiger partial charge is 0.254 e. The van der Waals surface area contributed by atoms with E-state index in [4.69, 9.17) is 11.6 Å². The lowest BCUT2D eigenvalue weighted by molar-refractivity contribution is 0.0949. The highest BCUT2D eigenvalue weighted by atomic mass is 35.5. The SMILES string of the molecule is CN(CCCNC(=O)c1ccc(Cl)cc1F)c1ccccc1. The van der Waals surface area contributed by atoms with Crippen LogP contribution in [0.25, 0.3) is 0 Å². The Labute approximate surface area is 134 Å². The summed E-state index contributed by atoms with van der Waals surface area (Å²) in [4.78, 5) is 14.0. The van der Waals surface area contributed by atoms with Crippen LogP contribution in [0.1, 0.15) is 16.8 Å². The molecule has 0 saturated carbocycles. The number of carbonyl (C=O) groups is 1. The summed E-state index contributed by atoms with van der Waals surface area (Å²) in [6.07, 6.45) is 0.770. The van der Waals surface area contributed by atoms with Crippen molar-refractivity contribution in [1.82, 2.24) is 5.32 Å². The average molecular weight is 321 g/mol. The van der Waals surface area contributed by atoms with E-state index < -0.39 is 11.7 Å². The molecule has 0 unspecified atom stereocenters. The molecule has 0 aliphatic rings. The van der Waals surface area contributed by atoms with E-state index in [1.165, 1.54) is 12.1 Å². The van der Waals surface area contributed by atoms with Crippen LogP contribution in [0.2, 0.25) is 5.02 Å². The fraction of sp³-hybridized carbons (Fsp3) is 0.235. The summed E-state index contributed by atoms with van der Waals surface area (Å²) in [7, 11) is 2.00. The van der Waals surface area contributed by atoms with Gasteiger partial charge in [-0.05, 0) is 36.8 Å². The Kier molecular flexibility index (Phi) is 5.78. The van der Waals surface area contributed by atoms with E-state index in [-0.39, 0.29) is 10.6 Å². The van der Waals surface area contributed by atoms with Gasteiger partial charge in [-0.25, -0.2) is 4.39 Å².